The molecule has 0 atom stereocenters. The molecular weight excluding hydrogens is 189 g/mol. The van der Waals surface area contributed by atoms with Gasteiger partial charge in [0.15, 0.2) is 5.83 Å². The van der Waals surface area contributed by atoms with Crippen molar-refractivity contribution in [2.75, 3.05) is 0 Å². The van der Waals surface area contributed by atoms with E-state index in [1.807, 2.05) is 30.3 Å². The van der Waals surface area contributed by atoms with E-state index in [0.29, 0.717) is 6.42 Å². The second-order valence-corrected chi connectivity index (χ2v) is 2.70. The molecule has 0 saturated heterocycles. The first-order chi connectivity index (χ1) is 6.70. The van der Waals surface area contributed by atoms with Crippen LogP contribution in [0.3, 0.4) is 0 Å². The molecule has 0 bridgehead atoms. The van der Waals surface area contributed by atoms with Crippen LogP contribution in [0.1, 0.15) is 5.56 Å². The average molecular weight is 198 g/mol. The summed E-state index contributed by atoms with van der Waals surface area (Å²) in [6.45, 7) is 0. The summed E-state index contributed by atoms with van der Waals surface area (Å²) in [4.78, 5) is 0. The Morgan fingerprint density at radius 1 is 1.07 bits per heavy atom. The molecule has 0 unspecified atom stereocenters. The highest BCUT2D eigenvalue weighted by atomic mass is 19.3. The monoisotopic (exact) mass is 198 g/mol. The van der Waals surface area contributed by atoms with Gasteiger partial charge in [0.2, 0.25) is 0 Å². The lowest BCUT2D eigenvalue weighted by molar-refractivity contribution is 0.387. The Kier molecular flexibility index (Phi) is 3.98. The van der Waals surface area contributed by atoms with Gasteiger partial charge in [-0.25, -0.2) is 4.39 Å². The molecule has 0 fully saturated rings. The summed E-state index contributed by atoms with van der Waals surface area (Å²) in [7, 11) is 0. The highest BCUT2D eigenvalue weighted by Crippen LogP contribution is 2.10. The van der Waals surface area contributed by atoms with Gasteiger partial charge in [0.05, 0.1) is 0 Å². The third-order valence-electron chi connectivity index (χ3n) is 1.64. The van der Waals surface area contributed by atoms with Crippen LogP contribution in [0.15, 0.2) is 54.4 Å². The highest BCUT2D eigenvalue weighted by molar-refractivity contribution is 5.20. The van der Waals surface area contributed by atoms with E-state index in [1.165, 1.54) is 6.08 Å². The van der Waals surface area contributed by atoms with Crippen LogP contribution < -0.4 is 0 Å². The third kappa shape index (κ3) is 3.47. The van der Waals surface area contributed by atoms with E-state index in [1.54, 1.807) is 0 Å². The van der Waals surface area contributed by atoms with E-state index in [4.69, 9.17) is 0 Å². The topological polar surface area (TPSA) is 0 Å². The lowest BCUT2D eigenvalue weighted by Gasteiger charge is -1.93. The molecule has 3 heteroatoms. The molecule has 74 valence electrons. The van der Waals surface area contributed by atoms with Gasteiger partial charge in [0.1, 0.15) is 0 Å². The lowest BCUT2D eigenvalue weighted by atomic mass is 10.1. The fourth-order valence-corrected chi connectivity index (χ4v) is 0.976. The largest absolute Gasteiger partial charge is 0.305 e. The number of benzene rings is 1. The first kappa shape index (κ1) is 10.6. The zero-order chi connectivity index (χ0) is 10.4. The molecule has 0 amide bonds. The molecule has 1 rings (SSSR count). The van der Waals surface area contributed by atoms with Crippen LogP contribution in [0, 0.1) is 0 Å². The Balaban J connectivity index is 2.54. The van der Waals surface area contributed by atoms with Gasteiger partial charge >= 0.3 is 6.08 Å². The van der Waals surface area contributed by atoms with Crippen LogP contribution in [0.2, 0.25) is 0 Å². The van der Waals surface area contributed by atoms with E-state index in [0.717, 1.165) is 11.6 Å². The average Bonchev–Trinajstić information content (AvgIpc) is 2.19. The van der Waals surface area contributed by atoms with E-state index in [9.17, 15) is 13.2 Å². The fourth-order valence-electron chi connectivity index (χ4n) is 0.976. The third-order valence-corrected chi connectivity index (χ3v) is 1.64. The van der Waals surface area contributed by atoms with Crippen LogP contribution in [0.5, 0.6) is 0 Å². The Hall–Kier alpha value is -1.51. The molecule has 14 heavy (non-hydrogen) atoms. The fraction of sp³-hybridized carbons (Fsp3) is 0.0909. The molecule has 0 saturated carbocycles. The Morgan fingerprint density at radius 2 is 1.71 bits per heavy atom. The maximum Gasteiger partial charge on any atom is 0.305 e. The summed E-state index contributed by atoms with van der Waals surface area (Å²) in [5.74, 6) is -1.47. The summed E-state index contributed by atoms with van der Waals surface area (Å²) in [6.07, 6.45) is 0.308. The van der Waals surface area contributed by atoms with Crippen molar-refractivity contribution in [1.82, 2.24) is 0 Å². The molecule has 0 aliphatic rings. The zero-order valence-corrected chi connectivity index (χ0v) is 7.38. The van der Waals surface area contributed by atoms with E-state index in [2.05, 4.69) is 0 Å². The molecule has 0 aliphatic carbocycles. The van der Waals surface area contributed by atoms with Crippen molar-refractivity contribution in [3.05, 3.63) is 60.0 Å². The van der Waals surface area contributed by atoms with Gasteiger partial charge in [-0.3, -0.25) is 0 Å². The Morgan fingerprint density at radius 3 is 2.29 bits per heavy atom. The van der Waals surface area contributed by atoms with Gasteiger partial charge in [-0.1, -0.05) is 36.4 Å². The minimum Gasteiger partial charge on any atom is -0.201 e. The van der Waals surface area contributed by atoms with E-state index in [-0.39, 0.29) is 0 Å². The molecule has 0 aliphatic heterocycles. The van der Waals surface area contributed by atoms with Crippen LogP contribution in [0.25, 0.3) is 0 Å². The van der Waals surface area contributed by atoms with Crippen molar-refractivity contribution in [3.8, 4) is 0 Å². The van der Waals surface area contributed by atoms with Gasteiger partial charge in [-0.15, -0.1) is 0 Å². The van der Waals surface area contributed by atoms with Crippen molar-refractivity contribution >= 4 is 0 Å². The van der Waals surface area contributed by atoms with Gasteiger partial charge in [-0.2, -0.15) is 8.78 Å². The SMILES string of the molecule is FC(F)=C(F)/C=C/Cc1ccccc1. The number of hydrogen-bond acceptors (Lipinski definition) is 0. The van der Waals surface area contributed by atoms with Crippen LogP contribution in [0.4, 0.5) is 13.2 Å². The lowest BCUT2D eigenvalue weighted by Crippen LogP contribution is -1.78. The number of halogens is 3. The summed E-state index contributed by atoms with van der Waals surface area (Å²) >= 11 is 0. The van der Waals surface area contributed by atoms with Crippen LogP contribution in [-0.2, 0) is 6.42 Å². The first-order valence-corrected chi connectivity index (χ1v) is 4.11. The standard InChI is InChI=1S/C11H9F3/c12-10(11(13)14)8-4-7-9-5-2-1-3-6-9/h1-6,8H,7H2/b8-4+. The minimum absolute atomic E-state index is 0.446. The van der Waals surface area contributed by atoms with Gasteiger partial charge in [0.25, 0.3) is 0 Å². The second-order valence-electron chi connectivity index (χ2n) is 2.70. The van der Waals surface area contributed by atoms with Crippen molar-refractivity contribution in [3.63, 3.8) is 0 Å². The van der Waals surface area contributed by atoms with Crippen LogP contribution >= 0.6 is 0 Å². The second kappa shape index (κ2) is 5.27. The normalized spacial score (nSPS) is 10.5. The quantitative estimate of drug-likeness (QED) is 0.647. The molecule has 0 N–H and O–H groups in total. The zero-order valence-electron chi connectivity index (χ0n) is 7.38. The molecule has 0 spiro atoms. The van der Waals surface area contributed by atoms with E-state index < -0.39 is 11.9 Å². The summed E-state index contributed by atoms with van der Waals surface area (Å²) in [6, 6.07) is 9.22. The number of rotatable bonds is 3. The molecule has 0 aromatic heterocycles. The number of allylic oxidation sites excluding steroid dienone is 3. The summed E-state index contributed by atoms with van der Waals surface area (Å²) < 4.78 is 35.5. The molecule has 1 aromatic carbocycles. The Bertz CT molecular complexity index is 335. The van der Waals surface area contributed by atoms with Gasteiger partial charge in [0, 0.05) is 0 Å². The molecule has 1 aromatic rings. The maximum absolute atomic E-state index is 12.3. The van der Waals surface area contributed by atoms with Gasteiger partial charge < -0.3 is 0 Å². The summed E-state index contributed by atoms with van der Waals surface area (Å²) in [5.41, 5.74) is 0.954. The molecule has 0 nitrogen and oxygen atoms in total. The molecular formula is C11H9F3. The van der Waals surface area contributed by atoms with Crippen LogP contribution in [-0.4, -0.2) is 0 Å². The highest BCUT2D eigenvalue weighted by Gasteiger charge is 1.98. The van der Waals surface area contributed by atoms with Crippen molar-refractivity contribution in [1.29, 1.82) is 0 Å². The van der Waals surface area contributed by atoms with Crippen molar-refractivity contribution in [2.45, 2.75) is 6.42 Å². The van der Waals surface area contributed by atoms with E-state index >= 15 is 0 Å². The maximum atomic E-state index is 12.3. The predicted molar refractivity (Wildman–Crippen MR) is 49.6 cm³/mol. The van der Waals surface area contributed by atoms with Gasteiger partial charge in [-0.05, 0) is 18.1 Å². The Labute approximate surface area is 80.4 Å². The smallest absolute Gasteiger partial charge is 0.201 e. The van der Waals surface area contributed by atoms with Crippen molar-refractivity contribution < 1.29 is 13.2 Å². The summed E-state index contributed by atoms with van der Waals surface area (Å²) in [5, 5.41) is 0. The minimum atomic E-state index is -2.28. The first-order valence-electron chi connectivity index (χ1n) is 4.11. The molecule has 0 radical (unpaired) electrons. The molecule has 0 heterocycles. The number of hydrogen-bond donors (Lipinski definition) is 0. The van der Waals surface area contributed by atoms with Crippen molar-refractivity contribution in [2.24, 2.45) is 0 Å². The predicted octanol–water partition coefficient (Wildman–Crippen LogP) is 3.86.